The first-order chi connectivity index (χ1) is 9.19. The summed E-state index contributed by atoms with van der Waals surface area (Å²) < 4.78 is 6.28. The van der Waals surface area contributed by atoms with Crippen molar-refractivity contribution in [2.45, 2.75) is 52.1 Å². The number of aliphatic hydroxyl groups is 1. The summed E-state index contributed by atoms with van der Waals surface area (Å²) in [6.45, 7) is 2.72. The van der Waals surface area contributed by atoms with Crippen molar-refractivity contribution in [2.75, 3.05) is 6.61 Å². The molecule has 0 bridgehead atoms. The fourth-order valence-electron chi connectivity index (χ4n) is 1.92. The molecule has 0 fully saturated rings. The summed E-state index contributed by atoms with van der Waals surface area (Å²) in [4.78, 5) is 0. The monoisotopic (exact) mass is 330 g/mol. The number of hydrogen-bond acceptors (Lipinski definition) is 3. The van der Waals surface area contributed by atoms with Crippen molar-refractivity contribution in [1.82, 2.24) is 0 Å². The molecule has 1 aromatic rings. The Morgan fingerprint density at radius 1 is 1.11 bits per heavy atom. The number of ether oxygens (including phenoxy) is 1. The van der Waals surface area contributed by atoms with Crippen LogP contribution in [0.15, 0.2) is 16.6 Å². The molecule has 0 aliphatic carbocycles. The van der Waals surface area contributed by atoms with Gasteiger partial charge in [0, 0.05) is 0 Å². The minimum absolute atomic E-state index is 0.0735. The van der Waals surface area contributed by atoms with Gasteiger partial charge in [-0.05, 0) is 40.0 Å². The Hall–Kier alpha value is -0.740. The van der Waals surface area contributed by atoms with Crippen molar-refractivity contribution in [3.05, 3.63) is 22.2 Å². The first-order valence-electron chi connectivity index (χ1n) is 6.94. The second kappa shape index (κ2) is 9.21. The van der Waals surface area contributed by atoms with Gasteiger partial charge in [0.05, 0.1) is 17.7 Å². The van der Waals surface area contributed by atoms with Crippen LogP contribution in [0.1, 0.15) is 51.0 Å². The number of aliphatic hydroxyl groups excluding tert-OH is 1. The average Bonchev–Trinajstić information content (AvgIpc) is 2.40. The Balaban J connectivity index is 2.33. The van der Waals surface area contributed by atoms with Crippen molar-refractivity contribution in [1.29, 1.82) is 0 Å². The van der Waals surface area contributed by atoms with Crippen LogP contribution in [-0.2, 0) is 6.61 Å². The zero-order valence-electron chi connectivity index (χ0n) is 11.5. The molecule has 0 saturated carbocycles. The van der Waals surface area contributed by atoms with Gasteiger partial charge >= 0.3 is 0 Å². The first kappa shape index (κ1) is 16.3. The molecule has 4 heteroatoms. The number of aromatic hydroxyl groups is 1. The molecule has 0 radical (unpaired) electrons. The van der Waals surface area contributed by atoms with Gasteiger partial charge in [-0.15, -0.1) is 0 Å². The maximum absolute atomic E-state index is 9.81. The van der Waals surface area contributed by atoms with E-state index in [4.69, 9.17) is 9.84 Å². The first-order valence-corrected chi connectivity index (χ1v) is 7.73. The fraction of sp³-hybridized carbons (Fsp3) is 0.600. The van der Waals surface area contributed by atoms with E-state index in [1.54, 1.807) is 6.07 Å². The van der Waals surface area contributed by atoms with Crippen LogP contribution in [-0.4, -0.2) is 16.8 Å². The van der Waals surface area contributed by atoms with Crippen molar-refractivity contribution in [2.24, 2.45) is 0 Å². The molecule has 0 aliphatic heterocycles. The molecule has 0 aromatic heterocycles. The van der Waals surface area contributed by atoms with E-state index in [0.717, 1.165) is 12.8 Å². The number of rotatable bonds is 9. The second-order valence-corrected chi connectivity index (χ2v) is 5.55. The highest BCUT2D eigenvalue weighted by molar-refractivity contribution is 9.10. The van der Waals surface area contributed by atoms with Crippen molar-refractivity contribution in [3.8, 4) is 11.5 Å². The lowest BCUT2D eigenvalue weighted by atomic mass is 10.1. The van der Waals surface area contributed by atoms with Crippen molar-refractivity contribution < 1.29 is 14.9 Å². The van der Waals surface area contributed by atoms with Crippen LogP contribution in [0.2, 0.25) is 0 Å². The van der Waals surface area contributed by atoms with Crippen LogP contribution >= 0.6 is 15.9 Å². The van der Waals surface area contributed by atoms with Crippen LogP contribution in [0.25, 0.3) is 0 Å². The van der Waals surface area contributed by atoms with Gasteiger partial charge in [-0.3, -0.25) is 0 Å². The molecule has 0 spiro atoms. The largest absolute Gasteiger partial charge is 0.504 e. The fourth-order valence-corrected chi connectivity index (χ4v) is 2.54. The van der Waals surface area contributed by atoms with Crippen molar-refractivity contribution in [3.63, 3.8) is 0 Å². The third kappa shape index (κ3) is 5.83. The Morgan fingerprint density at radius 2 is 1.79 bits per heavy atom. The van der Waals surface area contributed by atoms with Gasteiger partial charge in [0.1, 0.15) is 0 Å². The van der Waals surface area contributed by atoms with Gasteiger partial charge in [-0.1, -0.05) is 39.0 Å². The molecule has 0 aliphatic rings. The van der Waals surface area contributed by atoms with Gasteiger partial charge in [-0.25, -0.2) is 0 Å². The molecule has 2 N–H and O–H groups in total. The van der Waals surface area contributed by atoms with E-state index in [1.165, 1.54) is 31.7 Å². The molecule has 0 unspecified atom stereocenters. The molecule has 1 aromatic carbocycles. The lowest BCUT2D eigenvalue weighted by molar-refractivity contribution is 0.275. The predicted octanol–water partition coefficient (Wildman–Crippen LogP) is 4.39. The van der Waals surface area contributed by atoms with E-state index >= 15 is 0 Å². The molecule has 0 saturated heterocycles. The molecule has 1 rings (SSSR count). The van der Waals surface area contributed by atoms with Crippen molar-refractivity contribution >= 4 is 15.9 Å². The summed E-state index contributed by atoms with van der Waals surface area (Å²) in [6.07, 6.45) is 7.25. The minimum Gasteiger partial charge on any atom is -0.504 e. The van der Waals surface area contributed by atoms with Crippen LogP contribution in [0.3, 0.4) is 0 Å². The van der Waals surface area contributed by atoms with E-state index in [-0.39, 0.29) is 12.4 Å². The Bertz CT molecular complexity index is 357. The van der Waals surface area contributed by atoms with Crippen LogP contribution < -0.4 is 4.74 Å². The van der Waals surface area contributed by atoms with Crippen LogP contribution in [0, 0.1) is 0 Å². The smallest absolute Gasteiger partial charge is 0.175 e. The molecular formula is C15H23BrO3. The number of unbranched alkanes of at least 4 members (excludes halogenated alkanes) is 5. The summed E-state index contributed by atoms with van der Waals surface area (Å²) in [7, 11) is 0. The summed E-state index contributed by atoms with van der Waals surface area (Å²) >= 11 is 3.35. The number of phenols is 1. The van der Waals surface area contributed by atoms with Gasteiger partial charge in [0.2, 0.25) is 0 Å². The standard InChI is InChI=1S/C15H23BrO3/c1-2-3-4-5-6-7-8-19-15-13(16)9-12(11-17)10-14(15)18/h9-10,17-18H,2-8,11H2,1H3. The van der Waals surface area contributed by atoms with E-state index in [0.29, 0.717) is 22.4 Å². The normalized spacial score (nSPS) is 10.7. The van der Waals surface area contributed by atoms with E-state index in [1.807, 2.05) is 0 Å². The molecule has 3 nitrogen and oxygen atoms in total. The highest BCUT2D eigenvalue weighted by Crippen LogP contribution is 2.36. The Labute approximate surface area is 123 Å². The summed E-state index contributed by atoms with van der Waals surface area (Å²) in [6, 6.07) is 3.29. The van der Waals surface area contributed by atoms with Gasteiger partial charge in [0.25, 0.3) is 0 Å². The zero-order chi connectivity index (χ0) is 14.1. The SMILES string of the molecule is CCCCCCCCOc1c(O)cc(CO)cc1Br. The quantitative estimate of drug-likeness (QED) is 0.660. The highest BCUT2D eigenvalue weighted by Gasteiger charge is 2.09. The molecule has 0 atom stereocenters. The van der Waals surface area contributed by atoms with Gasteiger partial charge in [0.15, 0.2) is 11.5 Å². The zero-order valence-corrected chi connectivity index (χ0v) is 13.1. The second-order valence-electron chi connectivity index (χ2n) is 4.70. The number of benzene rings is 1. The Morgan fingerprint density at radius 3 is 2.42 bits per heavy atom. The van der Waals surface area contributed by atoms with Gasteiger partial charge < -0.3 is 14.9 Å². The molecule has 0 heterocycles. The van der Waals surface area contributed by atoms with E-state index < -0.39 is 0 Å². The maximum Gasteiger partial charge on any atom is 0.175 e. The lowest BCUT2D eigenvalue weighted by Gasteiger charge is -2.11. The number of halogens is 1. The summed E-state index contributed by atoms with van der Waals surface area (Å²) in [5, 5.41) is 18.8. The molecule has 0 amide bonds. The highest BCUT2D eigenvalue weighted by atomic mass is 79.9. The van der Waals surface area contributed by atoms with E-state index in [2.05, 4.69) is 22.9 Å². The van der Waals surface area contributed by atoms with E-state index in [9.17, 15) is 5.11 Å². The number of hydrogen-bond donors (Lipinski definition) is 2. The summed E-state index contributed by atoms with van der Waals surface area (Å²) in [5.41, 5.74) is 0.663. The number of phenolic OH excluding ortho intramolecular Hbond substituents is 1. The Kier molecular flexibility index (Phi) is 7.91. The summed E-state index contributed by atoms with van der Waals surface area (Å²) in [5.74, 6) is 0.537. The molecule has 19 heavy (non-hydrogen) atoms. The van der Waals surface area contributed by atoms with Gasteiger partial charge in [-0.2, -0.15) is 0 Å². The maximum atomic E-state index is 9.81. The third-order valence-corrected chi connectivity index (χ3v) is 3.60. The predicted molar refractivity (Wildman–Crippen MR) is 80.6 cm³/mol. The molecular weight excluding hydrogens is 308 g/mol. The lowest BCUT2D eigenvalue weighted by Crippen LogP contribution is -1.99. The average molecular weight is 331 g/mol. The van der Waals surface area contributed by atoms with Crippen LogP contribution in [0.4, 0.5) is 0 Å². The third-order valence-electron chi connectivity index (χ3n) is 3.01. The minimum atomic E-state index is -0.0934. The molecule has 108 valence electrons. The van der Waals surface area contributed by atoms with Crippen LogP contribution in [0.5, 0.6) is 11.5 Å². The topological polar surface area (TPSA) is 49.7 Å².